The highest BCUT2D eigenvalue weighted by molar-refractivity contribution is 5.93. The second kappa shape index (κ2) is 5.98. The quantitative estimate of drug-likeness (QED) is 0.569. The number of hydrogen-bond donors (Lipinski definition) is 2. The fraction of sp³-hybridized carbons (Fsp3) is 0.208. The number of nitrogens with zero attached hydrogens (tertiary/aromatic N) is 1. The Labute approximate surface area is 159 Å². The highest BCUT2D eigenvalue weighted by atomic mass is 15.0. The molecule has 2 heterocycles. The van der Waals surface area contributed by atoms with Gasteiger partial charge in [-0.3, -0.25) is 4.99 Å². The van der Waals surface area contributed by atoms with Crippen LogP contribution in [0.1, 0.15) is 31.9 Å². The maximum Gasteiger partial charge on any atom is 0.0806 e. The molecule has 0 aromatic heterocycles. The molecule has 0 spiro atoms. The number of benzene rings is 3. The zero-order valence-electron chi connectivity index (χ0n) is 15.7. The molecule has 0 radical (unpaired) electrons. The summed E-state index contributed by atoms with van der Waals surface area (Å²) >= 11 is 0. The zero-order valence-corrected chi connectivity index (χ0v) is 15.7. The normalized spacial score (nSPS) is 20.3. The predicted octanol–water partition coefficient (Wildman–Crippen LogP) is 5.93. The SMILES string of the molecule is CC1(C)CC2=C(C=N1)C(c1cccc3ccccc13)Nc1ccccc1N2. The third kappa shape index (κ3) is 2.80. The van der Waals surface area contributed by atoms with Gasteiger partial charge >= 0.3 is 0 Å². The van der Waals surface area contributed by atoms with Crippen LogP contribution in [0.4, 0.5) is 11.4 Å². The van der Waals surface area contributed by atoms with Crippen LogP contribution in [-0.2, 0) is 0 Å². The number of fused-ring (bicyclic) bond motifs is 2. The van der Waals surface area contributed by atoms with Crippen molar-refractivity contribution < 1.29 is 0 Å². The van der Waals surface area contributed by atoms with Gasteiger partial charge in [-0.25, -0.2) is 0 Å². The van der Waals surface area contributed by atoms with E-state index in [0.717, 1.165) is 17.8 Å². The fourth-order valence-electron chi connectivity index (χ4n) is 4.13. The number of hydrogen-bond acceptors (Lipinski definition) is 3. The molecule has 2 N–H and O–H groups in total. The summed E-state index contributed by atoms with van der Waals surface area (Å²) in [7, 11) is 0. The van der Waals surface area contributed by atoms with E-state index in [2.05, 4.69) is 97.4 Å². The van der Waals surface area contributed by atoms with Crippen molar-refractivity contribution in [3.63, 3.8) is 0 Å². The molecule has 0 fully saturated rings. The average molecular weight is 353 g/mol. The topological polar surface area (TPSA) is 36.4 Å². The van der Waals surface area contributed by atoms with Gasteiger partial charge in [0, 0.05) is 23.9 Å². The lowest BCUT2D eigenvalue weighted by Gasteiger charge is -2.30. The second-order valence-corrected chi connectivity index (χ2v) is 8.00. The molecule has 27 heavy (non-hydrogen) atoms. The molecule has 0 amide bonds. The first-order valence-corrected chi connectivity index (χ1v) is 9.49. The van der Waals surface area contributed by atoms with E-state index in [1.54, 1.807) is 0 Å². The molecule has 5 rings (SSSR count). The maximum atomic E-state index is 4.84. The average Bonchev–Trinajstić information content (AvgIpc) is 2.82. The van der Waals surface area contributed by atoms with Gasteiger partial charge in [-0.2, -0.15) is 0 Å². The third-order valence-corrected chi connectivity index (χ3v) is 5.47. The van der Waals surface area contributed by atoms with Crippen molar-refractivity contribution in [1.82, 2.24) is 0 Å². The largest absolute Gasteiger partial charge is 0.372 e. The Morgan fingerprint density at radius 1 is 0.889 bits per heavy atom. The zero-order chi connectivity index (χ0) is 18.4. The highest BCUT2D eigenvalue weighted by Crippen LogP contribution is 2.41. The minimum atomic E-state index is -0.0889. The van der Waals surface area contributed by atoms with Crippen molar-refractivity contribution in [3.8, 4) is 0 Å². The van der Waals surface area contributed by atoms with Gasteiger partial charge in [-0.15, -0.1) is 0 Å². The van der Waals surface area contributed by atoms with Crippen LogP contribution in [0.3, 0.4) is 0 Å². The van der Waals surface area contributed by atoms with Crippen molar-refractivity contribution in [1.29, 1.82) is 0 Å². The summed E-state index contributed by atoms with van der Waals surface area (Å²) in [5.74, 6) is 0. The van der Waals surface area contributed by atoms with E-state index in [0.29, 0.717) is 0 Å². The number of para-hydroxylation sites is 2. The Bertz CT molecular complexity index is 1090. The molecule has 1 unspecified atom stereocenters. The lowest BCUT2D eigenvalue weighted by molar-refractivity contribution is 0.512. The van der Waals surface area contributed by atoms with E-state index < -0.39 is 0 Å². The molecule has 3 aromatic carbocycles. The van der Waals surface area contributed by atoms with Crippen molar-refractivity contribution in [2.24, 2.45) is 4.99 Å². The van der Waals surface area contributed by atoms with Gasteiger partial charge in [0.15, 0.2) is 0 Å². The molecular weight excluding hydrogens is 330 g/mol. The molecule has 0 saturated carbocycles. The first-order valence-electron chi connectivity index (χ1n) is 9.49. The summed E-state index contributed by atoms with van der Waals surface area (Å²) in [5, 5.41) is 10.0. The molecule has 2 aliphatic rings. The smallest absolute Gasteiger partial charge is 0.0806 e. The number of aliphatic imine (C=N–C) groups is 1. The summed E-state index contributed by atoms with van der Waals surface area (Å²) in [6.07, 6.45) is 2.97. The molecular formula is C24H23N3. The molecule has 3 heteroatoms. The lowest BCUT2D eigenvalue weighted by Crippen LogP contribution is -2.27. The fourth-order valence-corrected chi connectivity index (χ4v) is 4.13. The minimum absolute atomic E-state index is 0.0575. The monoisotopic (exact) mass is 353 g/mol. The Hall–Kier alpha value is -3.07. The Kier molecular flexibility index (Phi) is 3.57. The molecule has 1 atom stereocenters. The van der Waals surface area contributed by atoms with Gasteiger partial charge in [0.1, 0.15) is 0 Å². The maximum absolute atomic E-state index is 4.84. The van der Waals surface area contributed by atoms with Crippen molar-refractivity contribution in [3.05, 3.63) is 83.6 Å². The van der Waals surface area contributed by atoms with E-state index in [9.17, 15) is 0 Å². The minimum Gasteiger partial charge on any atom is -0.372 e. The molecule has 134 valence electrons. The highest BCUT2D eigenvalue weighted by Gasteiger charge is 2.31. The number of rotatable bonds is 1. The molecule has 2 aliphatic heterocycles. The first-order chi connectivity index (χ1) is 13.1. The van der Waals surface area contributed by atoms with Crippen LogP contribution in [0, 0.1) is 0 Å². The van der Waals surface area contributed by atoms with E-state index in [1.165, 1.54) is 27.6 Å². The third-order valence-electron chi connectivity index (χ3n) is 5.47. The van der Waals surface area contributed by atoms with Crippen LogP contribution in [0.5, 0.6) is 0 Å². The molecule has 3 nitrogen and oxygen atoms in total. The lowest BCUT2D eigenvalue weighted by atomic mass is 9.87. The van der Waals surface area contributed by atoms with E-state index in [-0.39, 0.29) is 11.6 Å². The van der Waals surface area contributed by atoms with Crippen molar-refractivity contribution in [2.45, 2.75) is 31.8 Å². The number of nitrogens with one attached hydrogen (secondary N) is 2. The van der Waals surface area contributed by atoms with Crippen LogP contribution < -0.4 is 10.6 Å². The first kappa shape index (κ1) is 16.1. The Morgan fingerprint density at radius 2 is 1.63 bits per heavy atom. The van der Waals surface area contributed by atoms with Crippen molar-refractivity contribution >= 4 is 28.4 Å². The van der Waals surface area contributed by atoms with Crippen LogP contribution >= 0.6 is 0 Å². The van der Waals surface area contributed by atoms with Gasteiger partial charge in [0.2, 0.25) is 0 Å². The van der Waals surface area contributed by atoms with Gasteiger partial charge in [-0.05, 0) is 42.3 Å². The summed E-state index contributed by atoms with van der Waals surface area (Å²) in [6.45, 7) is 4.37. The van der Waals surface area contributed by atoms with E-state index >= 15 is 0 Å². The van der Waals surface area contributed by atoms with E-state index in [1.807, 2.05) is 0 Å². The van der Waals surface area contributed by atoms with Crippen LogP contribution in [0.2, 0.25) is 0 Å². The summed E-state index contributed by atoms with van der Waals surface area (Å²) in [6, 6.07) is 23.6. The molecule has 0 aliphatic carbocycles. The van der Waals surface area contributed by atoms with Gasteiger partial charge < -0.3 is 10.6 Å². The van der Waals surface area contributed by atoms with Gasteiger partial charge in [-0.1, -0.05) is 54.6 Å². The summed E-state index contributed by atoms with van der Waals surface area (Å²) in [4.78, 5) is 4.84. The number of dihydropyridines is 1. The van der Waals surface area contributed by atoms with Crippen LogP contribution in [-0.4, -0.2) is 11.8 Å². The van der Waals surface area contributed by atoms with Gasteiger partial charge in [0.05, 0.1) is 23.0 Å². The Morgan fingerprint density at radius 3 is 2.52 bits per heavy atom. The predicted molar refractivity (Wildman–Crippen MR) is 115 cm³/mol. The van der Waals surface area contributed by atoms with Crippen LogP contribution in [0.15, 0.2) is 83.0 Å². The second-order valence-electron chi connectivity index (χ2n) is 8.00. The summed E-state index contributed by atoms with van der Waals surface area (Å²) in [5.41, 5.74) is 5.92. The van der Waals surface area contributed by atoms with Crippen molar-refractivity contribution in [2.75, 3.05) is 10.6 Å². The standard InChI is InChI=1S/C24H23N3/c1-24(2)14-22-19(15-25-24)23(27-21-13-6-5-12-20(21)26-22)18-11-7-9-16-8-3-4-10-17(16)18/h3-13,15,23,26-27H,14H2,1-2H3. The Balaban J connectivity index is 1.73. The summed E-state index contributed by atoms with van der Waals surface area (Å²) < 4.78 is 0. The molecule has 0 saturated heterocycles. The molecule has 0 bridgehead atoms. The molecule has 3 aromatic rings. The van der Waals surface area contributed by atoms with Crippen LogP contribution in [0.25, 0.3) is 10.8 Å². The van der Waals surface area contributed by atoms with E-state index in [4.69, 9.17) is 4.99 Å². The number of anilines is 2. The van der Waals surface area contributed by atoms with Gasteiger partial charge in [0.25, 0.3) is 0 Å².